The highest BCUT2D eigenvalue weighted by atomic mass is 35.5. The van der Waals surface area contributed by atoms with Crippen molar-refractivity contribution < 1.29 is 4.79 Å². The molecule has 0 aliphatic heterocycles. The molecule has 0 radical (unpaired) electrons. The first-order chi connectivity index (χ1) is 10.6. The number of amides is 1. The molecule has 0 fully saturated rings. The molecule has 2 aromatic carbocycles. The zero-order valence-corrected chi connectivity index (χ0v) is 14.4. The molecule has 0 heterocycles. The largest absolute Gasteiger partial charge is 0.349 e. The summed E-state index contributed by atoms with van der Waals surface area (Å²) in [6.07, 6.45) is 0. The fourth-order valence-electron chi connectivity index (χ4n) is 2.25. The Morgan fingerprint density at radius 3 is 2.73 bits per heavy atom. The van der Waals surface area contributed by atoms with Crippen molar-refractivity contribution in [1.82, 2.24) is 5.32 Å². The van der Waals surface area contributed by atoms with Crippen LogP contribution in [0.25, 0.3) is 0 Å². The lowest BCUT2D eigenvalue weighted by Gasteiger charge is -2.15. The Kier molecular flexibility index (Phi) is 6.34. The average Bonchev–Trinajstić information content (AvgIpc) is 2.47. The highest BCUT2D eigenvalue weighted by molar-refractivity contribution is 7.99. The minimum atomic E-state index is -0.0826. The second-order valence-electron chi connectivity index (χ2n) is 5.29. The fraction of sp³-hybridized carbons (Fsp3) is 0.278. The Morgan fingerprint density at radius 1 is 1.23 bits per heavy atom. The lowest BCUT2D eigenvalue weighted by molar-refractivity contribution is -0.119. The zero-order chi connectivity index (χ0) is 15.9. The van der Waals surface area contributed by atoms with Gasteiger partial charge in [0.1, 0.15) is 0 Å². The van der Waals surface area contributed by atoms with Crippen molar-refractivity contribution in [3.8, 4) is 0 Å². The van der Waals surface area contributed by atoms with E-state index in [0.29, 0.717) is 10.8 Å². The van der Waals surface area contributed by atoms with Gasteiger partial charge in [-0.25, -0.2) is 0 Å². The van der Waals surface area contributed by atoms with Crippen LogP contribution in [-0.2, 0) is 10.5 Å². The van der Waals surface area contributed by atoms with Crippen molar-refractivity contribution in [2.75, 3.05) is 5.75 Å². The molecule has 1 amide bonds. The maximum Gasteiger partial charge on any atom is 0.230 e. The monoisotopic (exact) mass is 333 g/mol. The first-order valence-electron chi connectivity index (χ1n) is 7.23. The normalized spacial score (nSPS) is 12.0. The predicted octanol–water partition coefficient (Wildman–Crippen LogP) is 4.76. The van der Waals surface area contributed by atoms with Crippen LogP contribution in [0.5, 0.6) is 0 Å². The van der Waals surface area contributed by atoms with E-state index in [9.17, 15) is 4.79 Å². The number of benzene rings is 2. The maximum atomic E-state index is 12.0. The van der Waals surface area contributed by atoms with E-state index in [1.54, 1.807) is 11.8 Å². The summed E-state index contributed by atoms with van der Waals surface area (Å²) in [5.74, 6) is 1.32. The molecule has 2 nitrogen and oxygen atoms in total. The lowest BCUT2D eigenvalue weighted by atomic mass is 10.1. The van der Waals surface area contributed by atoms with Crippen LogP contribution in [0.1, 0.15) is 29.7 Å². The van der Waals surface area contributed by atoms with Gasteiger partial charge in [0, 0.05) is 10.8 Å². The van der Waals surface area contributed by atoms with Gasteiger partial charge in [0.15, 0.2) is 0 Å². The standard InChI is InChI=1S/C18H20ClNOS/c1-13-6-5-7-15(10-13)11-22-12-18(21)20-14(2)16-8-3-4-9-17(16)19/h3-10,14H,11-12H2,1-2H3,(H,20,21). The second-order valence-corrected chi connectivity index (χ2v) is 6.69. The summed E-state index contributed by atoms with van der Waals surface area (Å²) in [4.78, 5) is 12.0. The topological polar surface area (TPSA) is 29.1 Å². The Labute approximate surface area is 141 Å². The van der Waals surface area contributed by atoms with Crippen LogP contribution in [-0.4, -0.2) is 11.7 Å². The number of carbonyl (C=O) groups is 1. The summed E-state index contributed by atoms with van der Waals surface area (Å²) < 4.78 is 0. The molecular formula is C18H20ClNOS. The van der Waals surface area contributed by atoms with Gasteiger partial charge >= 0.3 is 0 Å². The predicted molar refractivity (Wildman–Crippen MR) is 95.4 cm³/mol. The first-order valence-corrected chi connectivity index (χ1v) is 8.76. The van der Waals surface area contributed by atoms with Gasteiger partial charge < -0.3 is 5.32 Å². The number of hydrogen-bond acceptors (Lipinski definition) is 2. The SMILES string of the molecule is Cc1cccc(CSCC(=O)NC(C)c2ccccc2Cl)c1. The molecule has 2 rings (SSSR count). The molecule has 1 atom stereocenters. The van der Waals surface area contributed by atoms with Gasteiger partial charge in [-0.15, -0.1) is 11.8 Å². The average molecular weight is 334 g/mol. The van der Waals surface area contributed by atoms with Crippen LogP contribution in [0.3, 0.4) is 0 Å². The molecule has 0 aliphatic carbocycles. The smallest absolute Gasteiger partial charge is 0.230 e. The van der Waals surface area contributed by atoms with E-state index in [1.807, 2.05) is 37.3 Å². The molecule has 1 unspecified atom stereocenters. The highest BCUT2D eigenvalue weighted by Gasteiger charge is 2.12. The van der Waals surface area contributed by atoms with E-state index in [-0.39, 0.29) is 11.9 Å². The second kappa shape index (κ2) is 8.25. The number of halogens is 1. The third kappa shape index (κ3) is 5.08. The molecule has 0 saturated heterocycles. The maximum absolute atomic E-state index is 12.0. The summed E-state index contributed by atoms with van der Waals surface area (Å²) in [5.41, 5.74) is 3.44. The number of carbonyl (C=O) groups excluding carboxylic acids is 1. The van der Waals surface area contributed by atoms with E-state index in [2.05, 4.69) is 30.4 Å². The number of hydrogen-bond donors (Lipinski definition) is 1. The molecule has 1 N–H and O–H groups in total. The Balaban J connectivity index is 1.79. The Hall–Kier alpha value is -1.45. The van der Waals surface area contributed by atoms with Gasteiger partial charge in [-0.3, -0.25) is 4.79 Å². The quantitative estimate of drug-likeness (QED) is 0.825. The highest BCUT2D eigenvalue weighted by Crippen LogP contribution is 2.22. The summed E-state index contributed by atoms with van der Waals surface area (Å²) in [5, 5.41) is 3.67. The number of rotatable bonds is 6. The van der Waals surface area contributed by atoms with Crippen molar-refractivity contribution >= 4 is 29.3 Å². The Morgan fingerprint density at radius 2 is 2.00 bits per heavy atom. The fourth-order valence-corrected chi connectivity index (χ4v) is 3.34. The molecule has 0 bridgehead atoms. The van der Waals surface area contributed by atoms with Gasteiger partial charge in [-0.1, -0.05) is 59.6 Å². The van der Waals surface area contributed by atoms with E-state index >= 15 is 0 Å². The van der Waals surface area contributed by atoms with E-state index in [4.69, 9.17) is 11.6 Å². The molecule has 22 heavy (non-hydrogen) atoms. The molecule has 0 saturated carbocycles. The third-order valence-corrected chi connectivity index (χ3v) is 4.68. The summed E-state index contributed by atoms with van der Waals surface area (Å²) in [6, 6.07) is 15.9. The van der Waals surface area contributed by atoms with Crippen LogP contribution in [0.2, 0.25) is 5.02 Å². The molecular weight excluding hydrogens is 314 g/mol. The lowest BCUT2D eigenvalue weighted by Crippen LogP contribution is -2.28. The van der Waals surface area contributed by atoms with E-state index in [0.717, 1.165) is 11.3 Å². The van der Waals surface area contributed by atoms with Crippen LogP contribution >= 0.6 is 23.4 Å². The summed E-state index contributed by atoms with van der Waals surface area (Å²) in [6.45, 7) is 4.02. The first kappa shape index (κ1) is 16.9. The number of thioether (sulfide) groups is 1. The van der Waals surface area contributed by atoms with Crippen molar-refractivity contribution in [3.05, 3.63) is 70.2 Å². The Bertz CT molecular complexity index is 644. The van der Waals surface area contributed by atoms with Crippen molar-refractivity contribution in [1.29, 1.82) is 0 Å². The molecule has 2 aromatic rings. The molecule has 4 heteroatoms. The number of aryl methyl sites for hydroxylation is 1. The summed E-state index contributed by atoms with van der Waals surface area (Å²) >= 11 is 7.76. The minimum Gasteiger partial charge on any atom is -0.349 e. The van der Waals surface area contributed by atoms with Gasteiger partial charge in [-0.05, 0) is 31.0 Å². The van der Waals surface area contributed by atoms with E-state index in [1.165, 1.54) is 11.1 Å². The molecule has 116 valence electrons. The van der Waals surface area contributed by atoms with E-state index < -0.39 is 0 Å². The zero-order valence-electron chi connectivity index (χ0n) is 12.8. The van der Waals surface area contributed by atoms with Crippen LogP contribution in [0, 0.1) is 6.92 Å². The van der Waals surface area contributed by atoms with Crippen molar-refractivity contribution in [2.45, 2.75) is 25.6 Å². The van der Waals surface area contributed by atoms with Gasteiger partial charge in [0.05, 0.1) is 11.8 Å². The van der Waals surface area contributed by atoms with Crippen LogP contribution in [0.4, 0.5) is 0 Å². The van der Waals surface area contributed by atoms with Crippen LogP contribution < -0.4 is 5.32 Å². The summed E-state index contributed by atoms with van der Waals surface area (Å²) in [7, 11) is 0. The molecule has 0 aromatic heterocycles. The molecule has 0 aliphatic rings. The van der Waals surface area contributed by atoms with Crippen molar-refractivity contribution in [2.24, 2.45) is 0 Å². The third-order valence-electron chi connectivity index (χ3n) is 3.33. The van der Waals surface area contributed by atoms with Crippen molar-refractivity contribution in [3.63, 3.8) is 0 Å². The molecule has 0 spiro atoms. The van der Waals surface area contributed by atoms with Crippen LogP contribution in [0.15, 0.2) is 48.5 Å². The van der Waals surface area contributed by atoms with Gasteiger partial charge in [0.25, 0.3) is 0 Å². The van der Waals surface area contributed by atoms with Gasteiger partial charge in [0.2, 0.25) is 5.91 Å². The van der Waals surface area contributed by atoms with Gasteiger partial charge in [-0.2, -0.15) is 0 Å². The number of nitrogens with one attached hydrogen (secondary N) is 1. The minimum absolute atomic E-state index is 0.0325.